The molecule has 0 radical (unpaired) electrons. The van der Waals surface area contributed by atoms with Gasteiger partial charge in [0.1, 0.15) is 12.4 Å². The molecule has 0 atom stereocenters. The molecule has 0 spiro atoms. The van der Waals surface area contributed by atoms with E-state index in [-0.39, 0.29) is 13.0 Å². The van der Waals surface area contributed by atoms with Crippen LogP contribution < -0.4 is 10.2 Å². The van der Waals surface area contributed by atoms with Crippen LogP contribution in [0, 0.1) is 11.3 Å². The summed E-state index contributed by atoms with van der Waals surface area (Å²) in [6, 6.07) is 10.9. The molecule has 8 heteroatoms. The lowest BCUT2D eigenvalue weighted by atomic mass is 9.78. The first-order valence-electron chi connectivity index (χ1n) is 10.2. The molecule has 1 aliphatic heterocycles. The summed E-state index contributed by atoms with van der Waals surface area (Å²) in [4.78, 5) is 11.3. The van der Waals surface area contributed by atoms with E-state index in [1.165, 1.54) is 0 Å². The van der Waals surface area contributed by atoms with Crippen LogP contribution in [0.1, 0.15) is 55.6 Å². The molecule has 0 N–H and O–H groups in total. The topological polar surface area (TPSA) is 68.5 Å². The van der Waals surface area contributed by atoms with Crippen molar-refractivity contribution < 1.29 is 18.8 Å². The Morgan fingerprint density at radius 2 is 1.72 bits per heavy atom. The van der Waals surface area contributed by atoms with Gasteiger partial charge in [0.2, 0.25) is 0 Å². The maximum Gasteiger partial charge on any atom is 0.496 e. The number of ether oxygens (including phenoxy) is 1. The number of aldehydes is 1. The summed E-state index contributed by atoms with van der Waals surface area (Å²) < 4.78 is 17.8. The highest BCUT2D eigenvalue weighted by atomic mass is 35.5. The van der Waals surface area contributed by atoms with Crippen LogP contribution in [-0.2, 0) is 9.31 Å². The first-order chi connectivity index (χ1) is 15.1. The van der Waals surface area contributed by atoms with Crippen molar-refractivity contribution in [1.29, 1.82) is 5.26 Å². The van der Waals surface area contributed by atoms with Crippen LogP contribution in [0.4, 0.5) is 0 Å². The van der Waals surface area contributed by atoms with E-state index in [9.17, 15) is 4.79 Å². The lowest BCUT2D eigenvalue weighted by molar-refractivity contribution is 0.00578. The second-order valence-corrected chi connectivity index (χ2v) is 9.24. The largest absolute Gasteiger partial charge is 0.496 e. The molecule has 3 rings (SSSR count). The smallest absolute Gasteiger partial charge is 0.492 e. The molecule has 1 aliphatic rings. The molecule has 0 aliphatic carbocycles. The molecular weight excluding hydrogens is 448 g/mol. The van der Waals surface area contributed by atoms with Crippen LogP contribution in [0.15, 0.2) is 30.3 Å². The highest BCUT2D eigenvalue weighted by molar-refractivity contribution is 6.66. The zero-order valence-electron chi connectivity index (χ0n) is 18.4. The van der Waals surface area contributed by atoms with Gasteiger partial charge in [-0.05, 0) is 51.0 Å². The Kier molecular flexibility index (Phi) is 7.37. The minimum absolute atomic E-state index is 0.185. The van der Waals surface area contributed by atoms with Gasteiger partial charge in [0.15, 0.2) is 6.29 Å². The van der Waals surface area contributed by atoms with Crippen LogP contribution >= 0.6 is 23.2 Å². The quantitative estimate of drug-likeness (QED) is 0.228. The van der Waals surface area contributed by atoms with Crippen LogP contribution in [0.5, 0.6) is 5.75 Å². The van der Waals surface area contributed by atoms with Crippen molar-refractivity contribution in [3.63, 3.8) is 0 Å². The van der Waals surface area contributed by atoms with E-state index in [1.807, 2.05) is 58.0 Å². The van der Waals surface area contributed by atoms with E-state index in [0.29, 0.717) is 33.2 Å². The third kappa shape index (κ3) is 5.03. The van der Waals surface area contributed by atoms with Gasteiger partial charge in [0, 0.05) is 15.5 Å². The Bertz CT molecular complexity index is 1080. The third-order valence-electron chi connectivity index (χ3n) is 5.74. The summed E-state index contributed by atoms with van der Waals surface area (Å²) >= 11 is 13.1. The van der Waals surface area contributed by atoms with E-state index in [2.05, 4.69) is 0 Å². The zero-order valence-corrected chi connectivity index (χ0v) is 20.0. The SMILES string of the molecule is CC1(C)OB(c2cccc(C=Cc3cc(OCCC#N)c(C=O)cc3Cl)c2Cl)OC1(C)C. The maximum atomic E-state index is 11.3. The van der Waals surface area contributed by atoms with Gasteiger partial charge in [0.25, 0.3) is 0 Å². The van der Waals surface area contributed by atoms with Gasteiger partial charge in [-0.1, -0.05) is 53.6 Å². The van der Waals surface area contributed by atoms with Crippen molar-refractivity contribution in [2.75, 3.05) is 6.61 Å². The van der Waals surface area contributed by atoms with Crippen molar-refractivity contribution in [3.8, 4) is 11.8 Å². The number of halogens is 2. The van der Waals surface area contributed by atoms with Crippen molar-refractivity contribution in [1.82, 2.24) is 0 Å². The van der Waals surface area contributed by atoms with Gasteiger partial charge in [0.05, 0.1) is 29.3 Å². The Labute approximate surface area is 199 Å². The highest BCUT2D eigenvalue weighted by Gasteiger charge is 2.52. The van der Waals surface area contributed by atoms with Gasteiger partial charge in [-0.2, -0.15) is 5.26 Å². The number of carbonyl (C=O) groups is 1. The summed E-state index contributed by atoms with van der Waals surface area (Å²) in [6.07, 6.45) is 4.51. The van der Waals surface area contributed by atoms with E-state index in [4.69, 9.17) is 42.5 Å². The molecule has 0 amide bonds. The van der Waals surface area contributed by atoms with Gasteiger partial charge < -0.3 is 14.0 Å². The highest BCUT2D eigenvalue weighted by Crippen LogP contribution is 2.37. The number of hydrogen-bond acceptors (Lipinski definition) is 5. The number of rotatable bonds is 7. The fraction of sp³-hybridized carbons (Fsp3) is 0.333. The number of carbonyl (C=O) groups excluding carboxylic acids is 1. The molecule has 32 heavy (non-hydrogen) atoms. The summed E-state index contributed by atoms with van der Waals surface area (Å²) in [5.41, 5.74) is 1.55. The Morgan fingerprint density at radius 1 is 1.06 bits per heavy atom. The number of benzene rings is 2. The number of nitriles is 1. The van der Waals surface area contributed by atoms with Crippen molar-refractivity contribution in [2.24, 2.45) is 0 Å². The Balaban J connectivity index is 1.89. The van der Waals surface area contributed by atoms with Crippen LogP contribution in [0.25, 0.3) is 12.2 Å². The standard InChI is InChI=1S/C24H24BCl2NO4/c1-23(2)24(3,4)32-25(31-23)19-8-5-7-16(22(19)27)9-10-17-14-21(30-12-6-11-28)18(15-29)13-20(17)26/h5,7-10,13-15H,6,12H2,1-4H3. The molecular formula is C24H24BCl2NO4. The molecule has 0 unspecified atom stereocenters. The van der Waals surface area contributed by atoms with Crippen molar-refractivity contribution in [2.45, 2.75) is 45.3 Å². The zero-order chi connectivity index (χ0) is 23.5. The minimum atomic E-state index is -0.573. The van der Waals surface area contributed by atoms with Gasteiger partial charge in [-0.3, -0.25) is 4.79 Å². The summed E-state index contributed by atoms with van der Waals surface area (Å²) in [5, 5.41) is 9.62. The fourth-order valence-electron chi connectivity index (χ4n) is 3.16. The summed E-state index contributed by atoms with van der Waals surface area (Å²) in [5.74, 6) is 0.372. The predicted octanol–water partition coefficient (Wildman–Crippen LogP) is 5.57. The van der Waals surface area contributed by atoms with Gasteiger partial charge in [-0.25, -0.2) is 0 Å². The van der Waals surface area contributed by atoms with E-state index in [1.54, 1.807) is 18.2 Å². The first kappa shape index (κ1) is 24.3. The Hall–Kier alpha value is -2.30. The Morgan fingerprint density at radius 3 is 2.34 bits per heavy atom. The second kappa shape index (κ2) is 9.68. The molecule has 0 saturated carbocycles. The van der Waals surface area contributed by atoms with Crippen molar-refractivity contribution in [3.05, 3.63) is 57.1 Å². The molecule has 0 aromatic heterocycles. The summed E-state index contributed by atoms with van der Waals surface area (Å²) in [6.45, 7) is 8.15. The van der Waals surface area contributed by atoms with E-state index in [0.717, 1.165) is 11.0 Å². The average Bonchev–Trinajstić information content (AvgIpc) is 2.95. The first-order valence-corrected chi connectivity index (χ1v) is 11.0. The van der Waals surface area contributed by atoms with Crippen LogP contribution in [-0.4, -0.2) is 31.2 Å². The predicted molar refractivity (Wildman–Crippen MR) is 129 cm³/mol. The van der Waals surface area contributed by atoms with Crippen LogP contribution in [0.2, 0.25) is 10.0 Å². The van der Waals surface area contributed by atoms with Crippen molar-refractivity contribution >= 4 is 54.2 Å². The molecule has 166 valence electrons. The lowest BCUT2D eigenvalue weighted by Crippen LogP contribution is -2.41. The second-order valence-electron chi connectivity index (χ2n) is 8.46. The lowest BCUT2D eigenvalue weighted by Gasteiger charge is -2.32. The number of nitrogens with zero attached hydrogens (tertiary/aromatic N) is 1. The average molecular weight is 472 g/mol. The maximum absolute atomic E-state index is 11.3. The molecule has 1 heterocycles. The fourth-order valence-corrected chi connectivity index (χ4v) is 3.68. The molecule has 0 bridgehead atoms. The molecule has 1 saturated heterocycles. The third-order valence-corrected chi connectivity index (χ3v) is 6.50. The van der Waals surface area contributed by atoms with Crippen LogP contribution in [0.3, 0.4) is 0 Å². The minimum Gasteiger partial charge on any atom is -0.492 e. The molecule has 2 aromatic rings. The molecule has 5 nitrogen and oxygen atoms in total. The van der Waals surface area contributed by atoms with E-state index < -0.39 is 18.3 Å². The van der Waals surface area contributed by atoms with Gasteiger partial charge >= 0.3 is 7.12 Å². The van der Waals surface area contributed by atoms with Gasteiger partial charge in [-0.15, -0.1) is 0 Å². The van der Waals surface area contributed by atoms with E-state index >= 15 is 0 Å². The summed E-state index contributed by atoms with van der Waals surface area (Å²) in [7, 11) is -0.573. The molecule has 1 fully saturated rings. The molecule has 2 aromatic carbocycles. The number of hydrogen-bond donors (Lipinski definition) is 0. The monoisotopic (exact) mass is 471 g/mol. The normalized spacial score (nSPS) is 16.8.